The molecule has 28 heteroatoms. The van der Waals surface area contributed by atoms with Gasteiger partial charge in [-0.3, -0.25) is 53.3 Å². The van der Waals surface area contributed by atoms with Crippen LogP contribution in [0.25, 0.3) is 0 Å². The van der Waals surface area contributed by atoms with E-state index in [0.29, 0.717) is 48.0 Å². The molecule has 0 saturated carbocycles. The number of hydrogen-bond donors (Lipinski definition) is 13. The highest BCUT2D eigenvalue weighted by atomic mass is 32.2. The van der Waals surface area contributed by atoms with Crippen molar-refractivity contribution >= 4 is 81.2 Å². The third kappa shape index (κ3) is 21.9. The van der Waals surface area contributed by atoms with Crippen molar-refractivity contribution in [3.63, 3.8) is 0 Å². The number of aliphatic imine (C=N–C) groups is 1. The second-order valence-electron chi connectivity index (χ2n) is 17.8. The van der Waals surface area contributed by atoms with Gasteiger partial charge >= 0.3 is 5.97 Å². The van der Waals surface area contributed by atoms with Crippen molar-refractivity contribution in [3.8, 4) is 5.75 Å². The van der Waals surface area contributed by atoms with Gasteiger partial charge in [0.25, 0.3) is 33.7 Å². The molecular formula is C52H65N13O14S. The predicted molar refractivity (Wildman–Crippen MR) is 292 cm³/mol. The molecule has 3 aromatic rings. The van der Waals surface area contributed by atoms with E-state index >= 15 is 0 Å². The number of carboxylic acid groups (broad SMARTS) is 1. The molecule has 0 aromatic heterocycles. The molecule has 15 N–H and O–H groups in total. The monoisotopic (exact) mass is 1130 g/mol. The van der Waals surface area contributed by atoms with Crippen molar-refractivity contribution in [2.45, 2.75) is 82.7 Å². The summed E-state index contributed by atoms with van der Waals surface area (Å²) >= 11 is 0. The highest BCUT2D eigenvalue weighted by molar-refractivity contribution is 7.86. The smallest absolute Gasteiger partial charge is 0.330 e. The van der Waals surface area contributed by atoms with Crippen molar-refractivity contribution < 1.29 is 66.0 Å². The van der Waals surface area contributed by atoms with Crippen LogP contribution in [0, 0.1) is 0 Å². The summed E-state index contributed by atoms with van der Waals surface area (Å²) in [5, 5.41) is 33.5. The first-order valence-corrected chi connectivity index (χ1v) is 26.4. The topological polar surface area (TPSA) is 422 Å². The fourth-order valence-corrected chi connectivity index (χ4v) is 7.78. The number of aliphatic carboxylic acids is 1. The van der Waals surface area contributed by atoms with Crippen LogP contribution in [-0.4, -0.2) is 128 Å². The van der Waals surface area contributed by atoms with Gasteiger partial charge in [-0.15, -0.1) is 0 Å². The molecule has 1 aliphatic heterocycles. The SMILES string of the molecule is CCCCNC(=O)[C@H](CCC(=O)NCCCOc1ccc(C[C@H]2NC(=O)/C(=C\C(=O)O)NC(=O)CNC(=O)/C(=C/CCN=C(N)N)NC(=O)C(=C(C)C)NC2=O)cc1)NC(=O)c1ccc(N/N=C/c2ccccc2S(=O)(=O)O)cc1. The quantitative estimate of drug-likeness (QED) is 0.0141. The van der Waals surface area contributed by atoms with Gasteiger partial charge in [-0.25, -0.2) is 4.79 Å². The summed E-state index contributed by atoms with van der Waals surface area (Å²) in [6.45, 7) is 4.93. The maximum Gasteiger partial charge on any atom is 0.330 e. The van der Waals surface area contributed by atoms with E-state index in [1.165, 1.54) is 68.6 Å². The molecule has 80 heavy (non-hydrogen) atoms. The molecule has 1 heterocycles. The lowest BCUT2D eigenvalue weighted by atomic mass is 10.0. The molecule has 2 atom stereocenters. The number of unbranched alkanes of at least 4 members (excludes halogenated alkanes) is 1. The number of allylic oxidation sites excluding steroid dienone is 1. The van der Waals surface area contributed by atoms with Crippen LogP contribution < -0.4 is 64.2 Å². The van der Waals surface area contributed by atoms with E-state index in [4.69, 9.17) is 16.2 Å². The number of ether oxygens (including phenoxy) is 1. The Balaban J connectivity index is 1.35. The molecule has 8 amide bonds. The van der Waals surface area contributed by atoms with E-state index in [1.54, 1.807) is 30.3 Å². The van der Waals surface area contributed by atoms with Gasteiger partial charge in [-0.2, -0.15) is 13.5 Å². The van der Waals surface area contributed by atoms with Crippen LogP contribution >= 0.6 is 0 Å². The van der Waals surface area contributed by atoms with Gasteiger partial charge in [0.1, 0.15) is 39.8 Å². The molecule has 1 fully saturated rings. The van der Waals surface area contributed by atoms with Crippen molar-refractivity contribution in [2.75, 3.05) is 38.2 Å². The number of hydrogen-bond acceptors (Lipinski definition) is 15. The maximum absolute atomic E-state index is 13.9. The van der Waals surface area contributed by atoms with Gasteiger partial charge in [0, 0.05) is 43.6 Å². The van der Waals surface area contributed by atoms with Gasteiger partial charge in [-0.05, 0) is 93.1 Å². The summed E-state index contributed by atoms with van der Waals surface area (Å²) in [5.74, 6) is -7.85. The average Bonchev–Trinajstić information content (AvgIpc) is 3.40. The van der Waals surface area contributed by atoms with Crippen molar-refractivity contribution in [3.05, 3.63) is 124 Å². The number of carbonyl (C=O) groups excluding carboxylic acids is 8. The molecule has 428 valence electrons. The standard InChI is InChI=1S/C52H65N13O14S/c1-4-5-23-56-47(71)38(61-46(70)33-15-17-35(18-16-33)65-59-29-34-10-6-7-12-41(34)80(76,77)78)21-22-42(66)55-25-9-26-79-36-19-13-32(14-20-36)27-39-50(74)64-45(31(2)3)51(75)62-37(11-8-24-57-52(53)54)48(72)58-30-43(67)60-40(28-44(68)69)49(73)63-39/h6-7,10-20,28-29,38-39,65H,4-5,8-9,21-27,30H2,1-3H3,(H,55,66)(H,56,71)(H,58,72)(H,60,67)(H,61,70)(H,62,75)(H,63,73)(H,64,74)(H,68,69)(H4,53,54,57)(H,76,77,78)/b37-11-,40-28+,59-29+/t38-,39+/m0/s1. The molecule has 3 aromatic carbocycles. The van der Waals surface area contributed by atoms with Crippen molar-refractivity contribution in [1.29, 1.82) is 0 Å². The molecule has 0 aliphatic carbocycles. The number of hydrazone groups is 1. The highest BCUT2D eigenvalue weighted by Gasteiger charge is 2.29. The first-order chi connectivity index (χ1) is 38.0. The zero-order chi connectivity index (χ0) is 58.8. The number of nitrogens with zero attached hydrogens (tertiary/aromatic N) is 2. The molecule has 0 bridgehead atoms. The molecule has 0 unspecified atom stereocenters. The van der Waals surface area contributed by atoms with Crippen LogP contribution in [0.15, 0.2) is 123 Å². The second kappa shape index (κ2) is 31.7. The largest absolute Gasteiger partial charge is 0.494 e. The van der Waals surface area contributed by atoms with E-state index in [2.05, 4.69) is 58.1 Å². The summed E-state index contributed by atoms with van der Waals surface area (Å²) < 4.78 is 38.7. The number of carbonyl (C=O) groups is 9. The van der Waals surface area contributed by atoms with Crippen LogP contribution in [0.3, 0.4) is 0 Å². The zero-order valence-electron chi connectivity index (χ0n) is 44.1. The molecule has 4 rings (SSSR count). The minimum absolute atomic E-state index is 0.0197. The number of nitrogens with two attached hydrogens (primary N) is 2. The van der Waals surface area contributed by atoms with Gasteiger partial charge in [0.2, 0.25) is 23.6 Å². The van der Waals surface area contributed by atoms with Gasteiger partial charge in [0.05, 0.1) is 31.1 Å². The van der Waals surface area contributed by atoms with Crippen LogP contribution in [0.2, 0.25) is 0 Å². The minimum Gasteiger partial charge on any atom is -0.494 e. The second-order valence-corrected chi connectivity index (χ2v) is 19.1. The fourth-order valence-electron chi connectivity index (χ4n) is 7.11. The van der Waals surface area contributed by atoms with E-state index in [-0.39, 0.29) is 84.7 Å². The minimum atomic E-state index is -4.48. The normalized spacial score (nSPS) is 15.9. The van der Waals surface area contributed by atoms with E-state index in [9.17, 15) is 61.2 Å². The van der Waals surface area contributed by atoms with Gasteiger partial charge in [0.15, 0.2) is 5.96 Å². The Bertz CT molecular complexity index is 3020. The third-order valence-electron chi connectivity index (χ3n) is 11.2. The Morgan fingerprint density at radius 2 is 1.56 bits per heavy atom. The van der Waals surface area contributed by atoms with E-state index < -0.39 is 81.8 Å². The number of rotatable bonds is 24. The summed E-state index contributed by atoms with van der Waals surface area (Å²) in [6, 6.07) is 15.5. The summed E-state index contributed by atoms with van der Waals surface area (Å²) in [4.78, 5) is 122. The molecule has 27 nitrogen and oxygen atoms in total. The Hall–Kier alpha value is -9.44. The molecular weight excluding hydrogens is 1060 g/mol. The Morgan fingerprint density at radius 3 is 2.23 bits per heavy atom. The Labute approximate surface area is 460 Å². The lowest BCUT2D eigenvalue weighted by Gasteiger charge is -2.21. The molecule has 0 spiro atoms. The van der Waals surface area contributed by atoms with Crippen LogP contribution in [0.5, 0.6) is 5.75 Å². The number of amides is 8. The van der Waals surface area contributed by atoms with Gasteiger partial charge < -0.3 is 63.8 Å². The van der Waals surface area contributed by atoms with Gasteiger partial charge in [-0.1, -0.05) is 49.8 Å². The molecule has 1 aliphatic rings. The summed E-state index contributed by atoms with van der Waals surface area (Å²) in [6.07, 6.45) is 4.48. The zero-order valence-corrected chi connectivity index (χ0v) is 44.9. The van der Waals surface area contributed by atoms with E-state index in [1.807, 2.05) is 6.92 Å². The lowest BCUT2D eigenvalue weighted by Crippen LogP contribution is -2.51. The fraction of sp³-hybridized carbons (Fsp3) is 0.327. The number of anilines is 1. The Kier molecular flexibility index (Phi) is 25.0. The number of guanidine groups is 1. The average molecular weight is 1130 g/mol. The predicted octanol–water partition coefficient (Wildman–Crippen LogP) is 0.0750. The number of benzene rings is 3. The summed E-state index contributed by atoms with van der Waals surface area (Å²) in [7, 11) is -4.48. The third-order valence-corrected chi connectivity index (χ3v) is 12.1. The Morgan fingerprint density at radius 1 is 0.863 bits per heavy atom. The molecule has 0 radical (unpaired) electrons. The lowest BCUT2D eigenvalue weighted by molar-refractivity contribution is -0.132. The first-order valence-electron chi connectivity index (χ1n) is 25.0. The van der Waals surface area contributed by atoms with Crippen LogP contribution in [-0.2, 0) is 54.9 Å². The summed E-state index contributed by atoms with van der Waals surface area (Å²) in [5.41, 5.74) is 13.6. The number of nitrogens with one attached hydrogen (secondary N) is 9. The van der Waals surface area contributed by atoms with Crippen LogP contribution in [0.1, 0.15) is 80.8 Å². The van der Waals surface area contributed by atoms with E-state index in [0.717, 1.165) is 6.42 Å². The maximum atomic E-state index is 13.9. The van der Waals surface area contributed by atoms with Crippen molar-refractivity contribution in [1.82, 2.24) is 42.5 Å². The number of carboxylic acids is 1. The van der Waals surface area contributed by atoms with Crippen LogP contribution in [0.4, 0.5) is 5.69 Å². The van der Waals surface area contributed by atoms with Crippen molar-refractivity contribution in [2.24, 2.45) is 21.6 Å². The first kappa shape index (κ1) is 63.1. The molecule has 1 saturated heterocycles. The highest BCUT2D eigenvalue weighted by Crippen LogP contribution is 2.17.